The van der Waals surface area contributed by atoms with Crippen molar-refractivity contribution >= 4 is 47.6 Å². The Kier molecular flexibility index (Phi) is 37.9. The number of carbonyl (C=O) groups is 8. The molecule has 0 aromatic heterocycles. The number of ether oxygens (including phenoxy) is 7. The zero-order valence-electron chi connectivity index (χ0n) is 48.5. The van der Waals surface area contributed by atoms with Gasteiger partial charge in [-0.05, 0) is 24.8 Å². The van der Waals surface area contributed by atoms with Crippen LogP contribution in [0.4, 0.5) is 0 Å². The molecular formula is C60H99N3O15. The topological polar surface area (TPSA) is 237 Å². The Bertz CT molecular complexity index is 1840. The molecule has 0 bridgehead atoms. The number of unbranched alkanes of at least 4 members (excludes halogenated alkanes) is 22. The molecule has 1 heterocycles. The normalized spacial score (nSPS) is 17.8. The molecule has 2 rings (SSSR count). The molecule has 7 atom stereocenters. The third kappa shape index (κ3) is 31.5. The highest BCUT2D eigenvalue weighted by molar-refractivity contribution is 5.92. The van der Waals surface area contributed by atoms with Crippen LogP contribution in [0.3, 0.4) is 0 Å². The van der Waals surface area contributed by atoms with Gasteiger partial charge >= 0.3 is 29.8 Å². The third-order valence-electron chi connectivity index (χ3n) is 14.0. The highest BCUT2D eigenvalue weighted by Crippen LogP contribution is 2.30. The van der Waals surface area contributed by atoms with E-state index in [4.69, 9.17) is 33.2 Å². The number of nitrogens with one attached hydrogen (secondary N) is 3. The summed E-state index contributed by atoms with van der Waals surface area (Å²) < 4.78 is 39.7. The first kappa shape index (κ1) is 69.0. The van der Waals surface area contributed by atoms with Crippen molar-refractivity contribution in [3.8, 4) is 0 Å². The summed E-state index contributed by atoms with van der Waals surface area (Å²) in [7, 11) is 1.39. The highest BCUT2D eigenvalue weighted by atomic mass is 16.7. The van der Waals surface area contributed by atoms with Crippen molar-refractivity contribution in [3.05, 3.63) is 35.9 Å². The van der Waals surface area contributed by atoms with Crippen molar-refractivity contribution in [2.75, 3.05) is 20.3 Å². The van der Waals surface area contributed by atoms with Crippen LogP contribution in [-0.2, 0) is 78.1 Å². The molecule has 78 heavy (non-hydrogen) atoms. The average molecular weight is 1100 g/mol. The molecule has 0 saturated carbocycles. The summed E-state index contributed by atoms with van der Waals surface area (Å²) in [6, 6.07) is 6.32. The number of likely N-dealkylation sites (N-methyl/N-ethyl adjacent to an activating group) is 1. The van der Waals surface area contributed by atoms with Gasteiger partial charge in [0.15, 0.2) is 24.6 Å². The Balaban J connectivity index is 2.42. The third-order valence-corrected chi connectivity index (χ3v) is 14.0. The van der Waals surface area contributed by atoms with E-state index in [0.717, 1.165) is 84.6 Å². The summed E-state index contributed by atoms with van der Waals surface area (Å²) in [6.07, 6.45) is 21.2. The molecule has 1 saturated heterocycles. The molecule has 0 radical (unpaired) electrons. The van der Waals surface area contributed by atoms with Crippen LogP contribution in [0.25, 0.3) is 0 Å². The maximum Gasteiger partial charge on any atom is 0.306 e. The zero-order chi connectivity index (χ0) is 57.3. The van der Waals surface area contributed by atoms with Crippen LogP contribution in [0.1, 0.15) is 227 Å². The number of hydrogen-bond donors (Lipinski definition) is 3. The largest absolute Gasteiger partial charge is 0.463 e. The van der Waals surface area contributed by atoms with Crippen LogP contribution in [0.15, 0.2) is 30.3 Å². The summed E-state index contributed by atoms with van der Waals surface area (Å²) in [5, 5.41) is 8.14. The quantitative estimate of drug-likeness (QED) is 0.0313. The fraction of sp³-hybridized carbons (Fsp3) is 0.767. The fourth-order valence-corrected chi connectivity index (χ4v) is 9.64. The number of rotatable bonds is 44. The van der Waals surface area contributed by atoms with Gasteiger partial charge in [-0.15, -0.1) is 0 Å². The average Bonchev–Trinajstić information content (AvgIpc) is 3.40. The Hall–Kier alpha value is -5.10. The van der Waals surface area contributed by atoms with Gasteiger partial charge in [0, 0.05) is 47.1 Å². The molecule has 444 valence electrons. The lowest BCUT2D eigenvalue weighted by molar-refractivity contribution is -0.308. The molecule has 1 aliphatic heterocycles. The number of amides is 3. The van der Waals surface area contributed by atoms with Crippen molar-refractivity contribution in [2.45, 2.75) is 271 Å². The number of carbonyl (C=O) groups excluding carboxylic acids is 8. The monoisotopic (exact) mass is 1100 g/mol. The van der Waals surface area contributed by atoms with E-state index in [0.29, 0.717) is 12.8 Å². The van der Waals surface area contributed by atoms with Crippen molar-refractivity contribution in [1.29, 1.82) is 0 Å². The van der Waals surface area contributed by atoms with Gasteiger partial charge in [-0.2, -0.15) is 0 Å². The second kappa shape index (κ2) is 42.8. The molecule has 1 aliphatic rings. The van der Waals surface area contributed by atoms with E-state index in [1.165, 1.54) is 110 Å². The molecule has 3 amide bonds. The second-order valence-corrected chi connectivity index (χ2v) is 20.9. The highest BCUT2D eigenvalue weighted by Gasteiger charge is 2.53. The Morgan fingerprint density at radius 1 is 0.500 bits per heavy atom. The molecule has 1 aromatic carbocycles. The van der Waals surface area contributed by atoms with Crippen LogP contribution in [0.5, 0.6) is 0 Å². The van der Waals surface area contributed by atoms with Crippen molar-refractivity contribution in [2.24, 2.45) is 5.92 Å². The maximum absolute atomic E-state index is 14.6. The van der Waals surface area contributed by atoms with Crippen LogP contribution in [0, 0.1) is 5.92 Å². The summed E-state index contributed by atoms with van der Waals surface area (Å²) in [6.45, 7) is 7.75. The van der Waals surface area contributed by atoms with Gasteiger partial charge in [0.05, 0.1) is 6.61 Å². The molecule has 18 nitrogen and oxygen atoms in total. The minimum Gasteiger partial charge on any atom is -0.463 e. The zero-order valence-corrected chi connectivity index (χ0v) is 48.5. The molecule has 0 aliphatic carbocycles. The summed E-state index contributed by atoms with van der Waals surface area (Å²) in [5.74, 6) is -6.13. The van der Waals surface area contributed by atoms with E-state index in [9.17, 15) is 38.4 Å². The van der Waals surface area contributed by atoms with Gasteiger partial charge in [0.1, 0.15) is 31.4 Å². The van der Waals surface area contributed by atoms with Gasteiger partial charge < -0.3 is 49.1 Å². The fourth-order valence-electron chi connectivity index (χ4n) is 9.64. The standard InChI is InChI=1S/C60H99N3O15/c1-8-10-12-14-16-18-20-22-24-26-28-33-37-49(38-34-29-27-25-23-21-19-17-15-13-11-9-2)57(69)63-51(59(71)62-50(58(70)61-7)39-40-53(68)73-41-48-35-31-30-32-36-48)42-74-60-56(77-47(6)67)55(76-46(5)66)54(75-45(4)65)52(78-60)43-72-44(3)64/h30-32,35-36,49-52,54-56,60H,8-29,33-34,37-43H2,1-7H3,(H,61,70)(H,62,71)(H,63,69)/t50-,51+,52-,54-,55+,56+,60+/m1/s1. The van der Waals surface area contributed by atoms with Crippen LogP contribution in [0.2, 0.25) is 0 Å². The summed E-state index contributed by atoms with van der Waals surface area (Å²) in [4.78, 5) is 105. The van der Waals surface area contributed by atoms with E-state index >= 15 is 0 Å². The lowest BCUT2D eigenvalue weighted by Crippen LogP contribution is -2.63. The SMILES string of the molecule is CCCCCCCCCCCCCCC(CCCCCCCCCCCCCC)C(=O)N[C@@H](CO[C@H]1O[C@H](COC(C)=O)[C@@H](OC(C)=O)[C@H](OC(C)=O)[C@@H]1OC(C)=O)C(=O)N[C@H](CCC(=O)OCc1ccccc1)C(=O)NC. The number of benzene rings is 1. The summed E-state index contributed by atoms with van der Waals surface area (Å²) in [5.41, 5.74) is 0.771. The maximum atomic E-state index is 14.6. The number of hydrogen-bond acceptors (Lipinski definition) is 15. The molecular weight excluding hydrogens is 1000 g/mol. The predicted octanol–water partition coefficient (Wildman–Crippen LogP) is 10.1. The Morgan fingerprint density at radius 2 is 0.949 bits per heavy atom. The van der Waals surface area contributed by atoms with Gasteiger partial charge in [-0.1, -0.05) is 198 Å². The van der Waals surface area contributed by atoms with E-state index < -0.39 is 109 Å². The van der Waals surface area contributed by atoms with Crippen molar-refractivity contribution in [1.82, 2.24) is 16.0 Å². The van der Waals surface area contributed by atoms with Crippen molar-refractivity contribution < 1.29 is 71.5 Å². The van der Waals surface area contributed by atoms with E-state index in [1.54, 1.807) is 12.1 Å². The van der Waals surface area contributed by atoms with Gasteiger partial charge in [0.25, 0.3) is 0 Å². The van der Waals surface area contributed by atoms with Crippen molar-refractivity contribution in [3.63, 3.8) is 0 Å². The van der Waals surface area contributed by atoms with Crippen LogP contribution in [-0.4, -0.2) is 111 Å². The first-order chi connectivity index (χ1) is 37.6. The minimum absolute atomic E-state index is 0.0149. The van der Waals surface area contributed by atoms with E-state index in [1.807, 2.05) is 18.2 Å². The molecule has 1 aromatic rings. The van der Waals surface area contributed by atoms with E-state index in [2.05, 4.69) is 29.8 Å². The lowest BCUT2D eigenvalue weighted by Gasteiger charge is -2.44. The van der Waals surface area contributed by atoms with Crippen LogP contribution >= 0.6 is 0 Å². The first-order valence-electron chi connectivity index (χ1n) is 29.5. The molecule has 18 heteroatoms. The second-order valence-electron chi connectivity index (χ2n) is 20.9. The van der Waals surface area contributed by atoms with E-state index in [-0.39, 0.29) is 19.4 Å². The molecule has 0 unspecified atom stereocenters. The lowest BCUT2D eigenvalue weighted by atomic mass is 9.92. The van der Waals surface area contributed by atoms with Gasteiger partial charge in [-0.3, -0.25) is 38.4 Å². The molecule has 1 fully saturated rings. The predicted molar refractivity (Wildman–Crippen MR) is 296 cm³/mol. The molecule has 0 spiro atoms. The minimum atomic E-state index is -1.66. The van der Waals surface area contributed by atoms with Crippen LogP contribution < -0.4 is 16.0 Å². The smallest absolute Gasteiger partial charge is 0.306 e. The summed E-state index contributed by atoms with van der Waals surface area (Å²) >= 11 is 0. The van der Waals surface area contributed by atoms with Gasteiger partial charge in [-0.25, -0.2) is 0 Å². The molecule has 3 N–H and O–H groups in total. The Labute approximate surface area is 466 Å². The first-order valence-corrected chi connectivity index (χ1v) is 29.5. The number of esters is 5. The van der Waals surface area contributed by atoms with Gasteiger partial charge in [0.2, 0.25) is 17.7 Å². The Morgan fingerprint density at radius 3 is 1.41 bits per heavy atom.